The van der Waals surface area contributed by atoms with Crippen molar-refractivity contribution in [1.29, 1.82) is 0 Å². The van der Waals surface area contributed by atoms with Crippen molar-refractivity contribution in [3.8, 4) is 5.88 Å². The van der Waals surface area contributed by atoms with E-state index in [-0.39, 0.29) is 6.10 Å². The molecule has 0 saturated carbocycles. The van der Waals surface area contributed by atoms with Gasteiger partial charge in [-0.25, -0.2) is 0 Å². The van der Waals surface area contributed by atoms with Crippen LogP contribution in [0.5, 0.6) is 5.88 Å². The molecule has 1 aromatic heterocycles. The van der Waals surface area contributed by atoms with Crippen LogP contribution in [0.15, 0.2) is 12.1 Å². The van der Waals surface area contributed by atoms with Gasteiger partial charge >= 0.3 is 0 Å². The molecule has 0 amide bonds. The zero-order valence-corrected chi connectivity index (χ0v) is 9.23. The van der Waals surface area contributed by atoms with Gasteiger partial charge in [-0.15, -0.1) is 5.10 Å². The van der Waals surface area contributed by atoms with E-state index in [1.807, 2.05) is 19.1 Å². The van der Waals surface area contributed by atoms with E-state index in [0.29, 0.717) is 11.8 Å². The molecule has 1 aliphatic rings. The maximum absolute atomic E-state index is 5.79. The Kier molecular flexibility index (Phi) is 3.16. The maximum atomic E-state index is 5.79. The molecule has 2 unspecified atom stereocenters. The van der Waals surface area contributed by atoms with Gasteiger partial charge in [-0.05, 0) is 31.9 Å². The molecule has 1 aliphatic heterocycles. The molecule has 1 aromatic rings. The van der Waals surface area contributed by atoms with Crippen molar-refractivity contribution in [3.05, 3.63) is 17.8 Å². The third kappa shape index (κ3) is 2.65. The second-order valence-corrected chi connectivity index (χ2v) is 4.14. The van der Waals surface area contributed by atoms with Crippen LogP contribution in [-0.2, 0) is 0 Å². The highest BCUT2D eigenvalue weighted by Gasteiger charge is 2.22. The van der Waals surface area contributed by atoms with Gasteiger partial charge in [0.15, 0.2) is 0 Å². The van der Waals surface area contributed by atoms with Gasteiger partial charge in [-0.1, -0.05) is 6.92 Å². The van der Waals surface area contributed by atoms with Crippen molar-refractivity contribution < 1.29 is 4.74 Å². The maximum Gasteiger partial charge on any atom is 0.233 e. The van der Waals surface area contributed by atoms with Gasteiger partial charge in [-0.3, -0.25) is 0 Å². The number of nitrogens with one attached hydrogen (secondary N) is 1. The van der Waals surface area contributed by atoms with Crippen molar-refractivity contribution >= 4 is 0 Å². The lowest BCUT2D eigenvalue weighted by Crippen LogP contribution is -2.43. The lowest BCUT2D eigenvalue weighted by Gasteiger charge is -2.29. The number of ether oxygens (including phenoxy) is 1. The second kappa shape index (κ2) is 4.57. The number of hydrogen-bond donors (Lipinski definition) is 1. The summed E-state index contributed by atoms with van der Waals surface area (Å²) in [7, 11) is 0. The van der Waals surface area contributed by atoms with Crippen molar-refractivity contribution in [2.45, 2.75) is 26.4 Å². The summed E-state index contributed by atoms with van der Waals surface area (Å²) >= 11 is 0. The summed E-state index contributed by atoms with van der Waals surface area (Å²) in [5.74, 6) is 1.20. The summed E-state index contributed by atoms with van der Waals surface area (Å²) in [5, 5.41) is 11.3. The highest BCUT2D eigenvalue weighted by Crippen LogP contribution is 2.17. The smallest absolute Gasteiger partial charge is 0.233 e. The lowest BCUT2D eigenvalue weighted by atomic mass is 9.97. The molecule has 2 atom stereocenters. The normalized spacial score (nSPS) is 26.3. The van der Waals surface area contributed by atoms with Crippen LogP contribution in [0.1, 0.15) is 19.0 Å². The van der Waals surface area contributed by atoms with Crippen molar-refractivity contribution in [2.75, 3.05) is 13.1 Å². The van der Waals surface area contributed by atoms with Crippen LogP contribution in [0.4, 0.5) is 0 Å². The van der Waals surface area contributed by atoms with E-state index in [1.54, 1.807) is 0 Å². The zero-order chi connectivity index (χ0) is 10.7. The number of rotatable bonds is 2. The molecule has 1 N–H and O–H groups in total. The molecule has 0 aliphatic carbocycles. The van der Waals surface area contributed by atoms with Crippen LogP contribution < -0.4 is 10.1 Å². The molecule has 4 nitrogen and oxygen atoms in total. The highest BCUT2D eigenvalue weighted by molar-refractivity contribution is 5.10. The lowest BCUT2D eigenvalue weighted by molar-refractivity contribution is 0.108. The van der Waals surface area contributed by atoms with Gasteiger partial charge in [0.1, 0.15) is 6.10 Å². The third-order valence-electron chi connectivity index (χ3n) is 2.80. The fourth-order valence-electron chi connectivity index (χ4n) is 1.72. The van der Waals surface area contributed by atoms with Gasteiger partial charge in [0.05, 0.1) is 5.69 Å². The first-order valence-electron chi connectivity index (χ1n) is 5.43. The Balaban J connectivity index is 1.98. The third-order valence-corrected chi connectivity index (χ3v) is 2.80. The van der Waals surface area contributed by atoms with Gasteiger partial charge in [0.2, 0.25) is 5.88 Å². The van der Waals surface area contributed by atoms with Crippen LogP contribution >= 0.6 is 0 Å². The molecule has 15 heavy (non-hydrogen) atoms. The Morgan fingerprint density at radius 2 is 2.27 bits per heavy atom. The number of nitrogens with zero attached hydrogens (tertiary/aromatic N) is 2. The number of aromatic nitrogens is 2. The summed E-state index contributed by atoms with van der Waals surface area (Å²) < 4.78 is 5.79. The first-order chi connectivity index (χ1) is 7.25. The topological polar surface area (TPSA) is 47.0 Å². The van der Waals surface area contributed by atoms with E-state index in [4.69, 9.17) is 4.74 Å². The van der Waals surface area contributed by atoms with Crippen molar-refractivity contribution in [2.24, 2.45) is 5.92 Å². The fourth-order valence-corrected chi connectivity index (χ4v) is 1.72. The summed E-state index contributed by atoms with van der Waals surface area (Å²) in [6.07, 6.45) is 1.37. The van der Waals surface area contributed by atoms with Crippen LogP contribution in [0.2, 0.25) is 0 Å². The Bertz CT molecular complexity index is 312. The van der Waals surface area contributed by atoms with Gasteiger partial charge in [0, 0.05) is 12.6 Å². The monoisotopic (exact) mass is 207 g/mol. The number of aryl methyl sites for hydroxylation is 1. The standard InChI is InChI=1S/C11H17N3O/c1-8-5-6-12-7-10(8)15-11-4-3-9(2)13-14-11/h3-4,8,10,12H,5-7H2,1-2H3. The van der Waals surface area contributed by atoms with Crippen molar-refractivity contribution in [3.63, 3.8) is 0 Å². The highest BCUT2D eigenvalue weighted by atomic mass is 16.5. The summed E-state index contributed by atoms with van der Waals surface area (Å²) in [6, 6.07) is 3.80. The van der Waals surface area contributed by atoms with E-state index >= 15 is 0 Å². The predicted molar refractivity (Wildman–Crippen MR) is 57.8 cm³/mol. The first kappa shape index (κ1) is 10.4. The molecule has 1 saturated heterocycles. The average molecular weight is 207 g/mol. The summed E-state index contributed by atoms with van der Waals surface area (Å²) in [5.41, 5.74) is 0.914. The Labute approximate surface area is 90.1 Å². The first-order valence-corrected chi connectivity index (χ1v) is 5.43. The molecule has 4 heteroatoms. The Morgan fingerprint density at radius 1 is 1.40 bits per heavy atom. The Morgan fingerprint density at radius 3 is 2.93 bits per heavy atom. The largest absolute Gasteiger partial charge is 0.472 e. The van der Waals surface area contributed by atoms with Gasteiger partial charge < -0.3 is 10.1 Å². The number of hydrogen-bond acceptors (Lipinski definition) is 4. The molecule has 82 valence electrons. The van der Waals surface area contributed by atoms with E-state index in [9.17, 15) is 0 Å². The molecule has 1 fully saturated rings. The quantitative estimate of drug-likeness (QED) is 0.790. The van der Waals surface area contributed by atoms with E-state index in [0.717, 1.165) is 25.2 Å². The van der Waals surface area contributed by atoms with Crippen LogP contribution in [0.3, 0.4) is 0 Å². The van der Waals surface area contributed by atoms with Crippen LogP contribution in [0, 0.1) is 12.8 Å². The molecule has 2 rings (SSSR count). The fraction of sp³-hybridized carbons (Fsp3) is 0.636. The van der Waals surface area contributed by atoms with Crippen molar-refractivity contribution in [1.82, 2.24) is 15.5 Å². The van der Waals surface area contributed by atoms with Gasteiger partial charge in [-0.2, -0.15) is 5.10 Å². The van der Waals surface area contributed by atoms with Gasteiger partial charge in [0.25, 0.3) is 0 Å². The van der Waals surface area contributed by atoms with E-state index in [2.05, 4.69) is 22.4 Å². The van der Waals surface area contributed by atoms with Crippen LogP contribution in [0.25, 0.3) is 0 Å². The molecule has 0 aromatic carbocycles. The second-order valence-electron chi connectivity index (χ2n) is 4.14. The minimum Gasteiger partial charge on any atom is -0.472 e. The van der Waals surface area contributed by atoms with Crippen LogP contribution in [-0.4, -0.2) is 29.4 Å². The van der Waals surface area contributed by atoms with E-state index in [1.165, 1.54) is 0 Å². The molecular weight excluding hydrogens is 190 g/mol. The summed E-state index contributed by atoms with van der Waals surface area (Å²) in [4.78, 5) is 0. The molecule has 0 radical (unpaired) electrons. The summed E-state index contributed by atoms with van der Waals surface area (Å²) in [6.45, 7) is 6.12. The minimum atomic E-state index is 0.218. The molecule has 0 spiro atoms. The van der Waals surface area contributed by atoms with E-state index < -0.39 is 0 Å². The number of piperidine rings is 1. The molecular formula is C11H17N3O. The zero-order valence-electron chi connectivity index (χ0n) is 9.23. The predicted octanol–water partition coefficient (Wildman–Crippen LogP) is 1.16. The molecule has 0 bridgehead atoms. The Hall–Kier alpha value is -1.16. The molecule has 2 heterocycles. The minimum absolute atomic E-state index is 0.218. The SMILES string of the molecule is Cc1ccc(OC2CNCCC2C)nn1. The average Bonchev–Trinajstić information content (AvgIpc) is 2.25.